The highest BCUT2D eigenvalue weighted by molar-refractivity contribution is 7.98. The predicted octanol–water partition coefficient (Wildman–Crippen LogP) is 5.05. The molecule has 0 aliphatic carbocycles. The third-order valence-corrected chi connectivity index (χ3v) is 7.21. The smallest absolute Gasteiger partial charge is 0.410 e. The molecule has 1 saturated heterocycles. The predicted molar refractivity (Wildman–Crippen MR) is 133 cm³/mol. The molecule has 2 aromatic heterocycles. The molecule has 1 fully saturated rings. The van der Waals surface area contributed by atoms with Crippen molar-refractivity contribution in [1.82, 2.24) is 19.9 Å². The highest BCUT2D eigenvalue weighted by atomic mass is 32.2. The maximum absolute atomic E-state index is 12.9. The van der Waals surface area contributed by atoms with E-state index in [1.807, 2.05) is 60.0 Å². The van der Waals surface area contributed by atoms with E-state index in [1.165, 1.54) is 16.2 Å². The van der Waals surface area contributed by atoms with Crippen LogP contribution in [0.25, 0.3) is 11.0 Å². The summed E-state index contributed by atoms with van der Waals surface area (Å²) in [7, 11) is 0. The average Bonchev–Trinajstić information content (AvgIpc) is 3.61. The number of nitrogens with zero attached hydrogens (tertiary/aromatic N) is 3. The van der Waals surface area contributed by atoms with Crippen LogP contribution in [0.15, 0.2) is 65.1 Å². The van der Waals surface area contributed by atoms with Crippen LogP contribution in [0.1, 0.15) is 24.1 Å². The molecule has 1 aliphatic heterocycles. The molecule has 0 radical (unpaired) electrons. The minimum atomic E-state index is -0.555. The van der Waals surface area contributed by atoms with E-state index < -0.39 is 12.1 Å². The van der Waals surface area contributed by atoms with Crippen LogP contribution >= 0.6 is 23.1 Å². The summed E-state index contributed by atoms with van der Waals surface area (Å²) < 4.78 is 5.42. The molecule has 2 amide bonds. The number of hydrogen-bond acceptors (Lipinski definition) is 7. The monoisotopic (exact) mass is 493 g/mol. The maximum atomic E-state index is 12.9. The summed E-state index contributed by atoms with van der Waals surface area (Å²) in [5, 5.41) is 6.14. The van der Waals surface area contributed by atoms with Gasteiger partial charge in [0.15, 0.2) is 10.3 Å². The SMILES string of the molecule is O=C(Nc1nc(CSc2nc3ccccc3[nH]2)cs1)C1CCCN1C(=O)OCc1ccccc1. The van der Waals surface area contributed by atoms with E-state index >= 15 is 0 Å². The highest BCUT2D eigenvalue weighted by Crippen LogP contribution is 2.26. The van der Waals surface area contributed by atoms with E-state index in [0.717, 1.165) is 33.9 Å². The lowest BCUT2D eigenvalue weighted by molar-refractivity contribution is -0.120. The van der Waals surface area contributed by atoms with Gasteiger partial charge in [-0.15, -0.1) is 11.3 Å². The number of benzene rings is 2. The van der Waals surface area contributed by atoms with Gasteiger partial charge in [-0.05, 0) is 30.5 Å². The number of likely N-dealkylation sites (tertiary alicyclic amines) is 1. The van der Waals surface area contributed by atoms with Crippen molar-refractivity contribution in [2.75, 3.05) is 11.9 Å². The number of thiazole rings is 1. The van der Waals surface area contributed by atoms with Gasteiger partial charge in [0.05, 0.1) is 16.7 Å². The number of hydrogen-bond donors (Lipinski definition) is 2. The number of rotatable bonds is 7. The first-order chi connectivity index (χ1) is 16.7. The molecule has 0 saturated carbocycles. The van der Waals surface area contributed by atoms with Gasteiger partial charge in [-0.3, -0.25) is 9.69 Å². The number of carbonyl (C=O) groups excluding carboxylic acids is 2. The topological polar surface area (TPSA) is 100 Å². The largest absolute Gasteiger partial charge is 0.445 e. The molecule has 1 atom stereocenters. The third kappa shape index (κ3) is 5.23. The molecule has 0 spiro atoms. The quantitative estimate of drug-likeness (QED) is 0.350. The van der Waals surface area contributed by atoms with Gasteiger partial charge in [0, 0.05) is 17.7 Å². The molecule has 34 heavy (non-hydrogen) atoms. The summed E-state index contributed by atoms with van der Waals surface area (Å²) in [6.07, 6.45) is 0.894. The van der Waals surface area contributed by atoms with Crippen LogP contribution in [-0.2, 0) is 21.9 Å². The number of nitrogens with one attached hydrogen (secondary N) is 2. The summed E-state index contributed by atoms with van der Waals surface area (Å²) in [5.74, 6) is 0.396. The number of aromatic nitrogens is 3. The van der Waals surface area contributed by atoms with Crippen molar-refractivity contribution < 1.29 is 14.3 Å². The van der Waals surface area contributed by atoms with E-state index in [1.54, 1.807) is 11.8 Å². The number of ether oxygens (including phenoxy) is 1. The van der Waals surface area contributed by atoms with Gasteiger partial charge in [0.25, 0.3) is 0 Å². The fraction of sp³-hybridized carbons (Fsp3) is 0.250. The average molecular weight is 494 g/mol. The number of amides is 2. The normalized spacial score (nSPS) is 15.5. The van der Waals surface area contributed by atoms with Crippen LogP contribution < -0.4 is 5.32 Å². The Morgan fingerprint density at radius 3 is 2.82 bits per heavy atom. The zero-order valence-electron chi connectivity index (χ0n) is 18.3. The van der Waals surface area contributed by atoms with Crippen molar-refractivity contribution in [3.63, 3.8) is 0 Å². The maximum Gasteiger partial charge on any atom is 0.410 e. The third-order valence-electron chi connectivity index (χ3n) is 5.50. The second-order valence-electron chi connectivity index (χ2n) is 7.87. The van der Waals surface area contributed by atoms with Crippen LogP contribution in [0.5, 0.6) is 0 Å². The van der Waals surface area contributed by atoms with Crippen molar-refractivity contribution in [2.24, 2.45) is 0 Å². The lowest BCUT2D eigenvalue weighted by Gasteiger charge is -2.22. The molecule has 1 aliphatic rings. The number of anilines is 1. The zero-order valence-corrected chi connectivity index (χ0v) is 19.9. The standard InChI is InChI=1S/C24H23N5O3S2/c30-21(20-11-6-12-29(20)24(31)32-13-16-7-2-1-3-8-16)28-22-25-17(14-33-22)15-34-23-26-18-9-4-5-10-19(18)27-23/h1-5,7-10,14,20H,6,11-13,15H2,(H,26,27)(H,25,28,30). The molecular formula is C24H23N5O3S2. The first kappa shape index (κ1) is 22.4. The first-order valence-corrected chi connectivity index (χ1v) is 12.8. The minimum Gasteiger partial charge on any atom is -0.445 e. The molecule has 8 nitrogen and oxygen atoms in total. The molecule has 10 heteroatoms. The van der Waals surface area contributed by atoms with Crippen LogP contribution in [0.3, 0.4) is 0 Å². The summed E-state index contributed by atoms with van der Waals surface area (Å²) in [6, 6.07) is 16.8. The molecule has 0 bridgehead atoms. The molecule has 1 unspecified atom stereocenters. The van der Waals surface area contributed by atoms with E-state index in [-0.39, 0.29) is 12.5 Å². The Bertz CT molecular complexity index is 1260. The van der Waals surface area contributed by atoms with E-state index in [4.69, 9.17) is 4.74 Å². The molecule has 2 aromatic carbocycles. The van der Waals surface area contributed by atoms with Crippen molar-refractivity contribution >= 4 is 51.3 Å². The first-order valence-electron chi connectivity index (χ1n) is 11.0. The van der Waals surface area contributed by atoms with Gasteiger partial charge >= 0.3 is 6.09 Å². The Morgan fingerprint density at radius 2 is 1.97 bits per heavy atom. The molecule has 2 N–H and O–H groups in total. The Labute approximate surface area is 204 Å². The summed E-state index contributed by atoms with van der Waals surface area (Å²) in [5.41, 5.74) is 3.70. The number of H-pyrrole nitrogens is 1. The van der Waals surface area contributed by atoms with Gasteiger partial charge in [-0.25, -0.2) is 14.8 Å². The molecule has 174 valence electrons. The van der Waals surface area contributed by atoms with Crippen molar-refractivity contribution in [3.8, 4) is 0 Å². The number of fused-ring (bicyclic) bond motifs is 1. The summed E-state index contributed by atoms with van der Waals surface area (Å²) >= 11 is 2.93. The Morgan fingerprint density at radius 1 is 1.15 bits per heavy atom. The van der Waals surface area contributed by atoms with Gasteiger partial charge in [-0.1, -0.05) is 54.2 Å². The minimum absolute atomic E-state index is 0.184. The molecular weight excluding hydrogens is 470 g/mol. The Hall–Kier alpha value is -3.37. The summed E-state index contributed by atoms with van der Waals surface area (Å²) in [4.78, 5) is 39.3. The van der Waals surface area contributed by atoms with Crippen molar-refractivity contribution in [2.45, 2.75) is 36.4 Å². The van der Waals surface area contributed by atoms with Crippen LogP contribution in [0.2, 0.25) is 0 Å². The van der Waals surface area contributed by atoms with Crippen molar-refractivity contribution in [1.29, 1.82) is 0 Å². The van der Waals surface area contributed by atoms with Crippen LogP contribution in [0, 0.1) is 0 Å². The number of aromatic amines is 1. The fourth-order valence-corrected chi connectivity index (χ4v) is 5.42. The lowest BCUT2D eigenvalue weighted by atomic mass is 10.2. The van der Waals surface area contributed by atoms with Gasteiger partial charge in [0.2, 0.25) is 5.91 Å². The van der Waals surface area contributed by atoms with Gasteiger partial charge < -0.3 is 15.0 Å². The van der Waals surface area contributed by atoms with E-state index in [2.05, 4.69) is 20.3 Å². The summed E-state index contributed by atoms with van der Waals surface area (Å²) in [6.45, 7) is 0.687. The second-order valence-corrected chi connectivity index (χ2v) is 9.69. The fourth-order valence-electron chi connectivity index (χ4n) is 3.82. The lowest BCUT2D eigenvalue weighted by Crippen LogP contribution is -2.43. The Kier molecular flexibility index (Phi) is 6.77. The Balaban J connectivity index is 1.14. The van der Waals surface area contributed by atoms with Crippen LogP contribution in [0.4, 0.5) is 9.93 Å². The second kappa shape index (κ2) is 10.3. The molecule has 4 aromatic rings. The van der Waals surface area contributed by atoms with Crippen molar-refractivity contribution in [3.05, 3.63) is 71.2 Å². The van der Waals surface area contributed by atoms with Gasteiger partial charge in [-0.2, -0.15) is 0 Å². The van der Waals surface area contributed by atoms with E-state index in [0.29, 0.717) is 23.8 Å². The zero-order chi connectivity index (χ0) is 23.3. The number of imidazole rings is 1. The van der Waals surface area contributed by atoms with Crippen LogP contribution in [-0.4, -0.2) is 44.4 Å². The number of carbonyl (C=O) groups is 2. The molecule has 3 heterocycles. The highest BCUT2D eigenvalue weighted by Gasteiger charge is 2.35. The van der Waals surface area contributed by atoms with Gasteiger partial charge in [0.1, 0.15) is 12.6 Å². The van der Waals surface area contributed by atoms with E-state index in [9.17, 15) is 9.59 Å². The number of thioether (sulfide) groups is 1. The number of para-hydroxylation sites is 2. The molecule has 5 rings (SSSR count).